The van der Waals surface area contributed by atoms with Crippen molar-refractivity contribution in [1.82, 2.24) is 4.90 Å². The fourth-order valence-electron chi connectivity index (χ4n) is 2.27. The third kappa shape index (κ3) is 4.26. The van der Waals surface area contributed by atoms with Gasteiger partial charge in [0.2, 0.25) is 0 Å². The number of nitrogens with zero attached hydrogens (tertiary/aromatic N) is 3. The van der Waals surface area contributed by atoms with E-state index in [2.05, 4.69) is 4.99 Å². The summed E-state index contributed by atoms with van der Waals surface area (Å²) >= 11 is 7.28. The summed E-state index contributed by atoms with van der Waals surface area (Å²) in [5, 5.41) is 9.77. The van der Waals surface area contributed by atoms with Crippen molar-refractivity contribution in [2.24, 2.45) is 4.99 Å². The molecule has 0 atom stereocenters. The average molecular weight is 384 g/mol. The molecule has 0 aromatic heterocycles. The van der Waals surface area contributed by atoms with Crippen LogP contribution >= 0.6 is 23.4 Å². The highest BCUT2D eigenvalue weighted by molar-refractivity contribution is 8.18. The number of halogens is 1. The van der Waals surface area contributed by atoms with Crippen LogP contribution in [0.25, 0.3) is 6.08 Å². The van der Waals surface area contributed by atoms with Crippen molar-refractivity contribution in [3.05, 3.63) is 64.0 Å². The van der Waals surface area contributed by atoms with Crippen LogP contribution in [-0.4, -0.2) is 29.6 Å². The summed E-state index contributed by atoms with van der Waals surface area (Å²) in [6.45, 7) is -0.0209. The van der Waals surface area contributed by atoms with Gasteiger partial charge in [-0.2, -0.15) is 5.26 Å². The van der Waals surface area contributed by atoms with Gasteiger partial charge < -0.3 is 4.74 Å². The third-order valence-corrected chi connectivity index (χ3v) is 4.79. The summed E-state index contributed by atoms with van der Waals surface area (Å²) in [6.07, 6.45) is 1.78. The molecule has 0 aliphatic carbocycles. The van der Waals surface area contributed by atoms with E-state index in [1.807, 2.05) is 30.3 Å². The largest absolute Gasteiger partial charge is 0.479 e. The Kier molecular flexibility index (Phi) is 5.61. The van der Waals surface area contributed by atoms with Crippen LogP contribution in [0.4, 0.5) is 5.69 Å². The zero-order chi connectivity index (χ0) is 18.5. The van der Waals surface area contributed by atoms with Gasteiger partial charge in [-0.05, 0) is 53.7 Å². The van der Waals surface area contributed by atoms with E-state index in [1.54, 1.807) is 37.4 Å². The minimum absolute atomic E-state index is 0.0209. The average Bonchev–Trinajstić information content (AvgIpc) is 2.88. The first-order valence-electron chi connectivity index (χ1n) is 7.68. The lowest BCUT2D eigenvalue weighted by Gasteiger charge is -2.07. The second-order valence-electron chi connectivity index (χ2n) is 5.37. The summed E-state index contributed by atoms with van der Waals surface area (Å²) in [4.78, 5) is 19.1. The smallest absolute Gasteiger partial charge is 0.266 e. The van der Waals surface area contributed by atoms with Crippen LogP contribution in [0.5, 0.6) is 5.75 Å². The molecule has 1 fully saturated rings. The Balaban J connectivity index is 1.85. The molecule has 0 spiro atoms. The molecular weight excluding hydrogens is 370 g/mol. The summed E-state index contributed by atoms with van der Waals surface area (Å²) in [6, 6.07) is 16.3. The van der Waals surface area contributed by atoms with Crippen molar-refractivity contribution >= 4 is 46.2 Å². The fourth-order valence-corrected chi connectivity index (χ4v) is 3.44. The van der Waals surface area contributed by atoms with Crippen LogP contribution in [0, 0.1) is 11.3 Å². The molecule has 1 heterocycles. The van der Waals surface area contributed by atoms with Gasteiger partial charge >= 0.3 is 0 Å². The second-order valence-corrected chi connectivity index (χ2v) is 6.81. The zero-order valence-electron chi connectivity index (χ0n) is 13.8. The monoisotopic (exact) mass is 383 g/mol. The summed E-state index contributed by atoms with van der Waals surface area (Å²) in [5.74, 6) is 0.455. The molecule has 1 aliphatic heterocycles. The van der Waals surface area contributed by atoms with Gasteiger partial charge in [-0.3, -0.25) is 9.69 Å². The Hall–Kier alpha value is -2.75. The Labute approximate surface area is 160 Å². The van der Waals surface area contributed by atoms with Gasteiger partial charge in [0, 0.05) is 12.1 Å². The maximum atomic E-state index is 12.5. The molecule has 2 aromatic rings. The first kappa shape index (κ1) is 18.1. The lowest BCUT2D eigenvalue weighted by Crippen LogP contribution is -2.23. The molecule has 1 amide bonds. The number of benzene rings is 2. The molecule has 0 saturated carbocycles. The van der Waals surface area contributed by atoms with Crippen LogP contribution in [-0.2, 0) is 4.79 Å². The molecule has 0 bridgehead atoms. The molecule has 1 aliphatic rings. The topological polar surface area (TPSA) is 65.7 Å². The number of carbonyl (C=O) groups is 1. The van der Waals surface area contributed by atoms with E-state index in [1.165, 1.54) is 16.7 Å². The van der Waals surface area contributed by atoms with E-state index in [4.69, 9.17) is 21.6 Å². The third-order valence-electron chi connectivity index (χ3n) is 3.50. The molecule has 0 unspecified atom stereocenters. The number of hydrogen-bond donors (Lipinski definition) is 0. The van der Waals surface area contributed by atoms with Crippen molar-refractivity contribution in [2.75, 3.05) is 13.7 Å². The Morgan fingerprint density at radius 1 is 1.31 bits per heavy atom. The van der Waals surface area contributed by atoms with Crippen molar-refractivity contribution in [2.45, 2.75) is 0 Å². The number of aliphatic imine (C=N–C) groups is 1. The molecule has 7 heteroatoms. The van der Waals surface area contributed by atoms with Gasteiger partial charge in [-0.15, -0.1) is 0 Å². The van der Waals surface area contributed by atoms with Gasteiger partial charge in [-0.25, -0.2) is 4.99 Å². The fraction of sp³-hybridized carbons (Fsp3) is 0.105. The molecule has 3 rings (SSSR count). The quantitative estimate of drug-likeness (QED) is 0.730. The lowest BCUT2D eigenvalue weighted by molar-refractivity contribution is -0.121. The van der Waals surface area contributed by atoms with E-state index in [9.17, 15) is 4.79 Å². The van der Waals surface area contributed by atoms with Crippen LogP contribution in [0.1, 0.15) is 5.56 Å². The number of amides is 1. The Morgan fingerprint density at radius 2 is 2.12 bits per heavy atom. The predicted molar refractivity (Wildman–Crippen MR) is 104 cm³/mol. The van der Waals surface area contributed by atoms with Crippen LogP contribution < -0.4 is 4.74 Å². The lowest BCUT2D eigenvalue weighted by atomic mass is 10.2. The highest BCUT2D eigenvalue weighted by Crippen LogP contribution is 2.33. The van der Waals surface area contributed by atoms with Crippen molar-refractivity contribution in [3.8, 4) is 11.8 Å². The number of thioether (sulfide) groups is 1. The zero-order valence-corrected chi connectivity index (χ0v) is 15.4. The van der Waals surface area contributed by atoms with Crippen LogP contribution in [0.2, 0.25) is 5.02 Å². The van der Waals surface area contributed by atoms with E-state index in [-0.39, 0.29) is 12.5 Å². The number of ether oxygens (including phenoxy) is 1. The van der Waals surface area contributed by atoms with E-state index in [0.717, 1.165) is 5.56 Å². The molecular formula is C19H14ClN3O2S. The molecule has 2 aromatic carbocycles. The van der Waals surface area contributed by atoms with Crippen molar-refractivity contribution in [3.63, 3.8) is 0 Å². The Bertz CT molecular complexity index is 950. The first-order chi connectivity index (χ1) is 12.6. The van der Waals surface area contributed by atoms with Gasteiger partial charge in [0.05, 0.1) is 10.6 Å². The summed E-state index contributed by atoms with van der Waals surface area (Å²) in [5.41, 5.74) is 1.50. The number of likely N-dealkylation sites (N-methyl/N-ethyl adjacent to an activating group) is 1. The predicted octanol–water partition coefficient (Wildman–Crippen LogP) is 4.48. The maximum absolute atomic E-state index is 12.5. The van der Waals surface area contributed by atoms with Gasteiger partial charge in [0.15, 0.2) is 11.8 Å². The van der Waals surface area contributed by atoms with Crippen molar-refractivity contribution in [1.29, 1.82) is 5.26 Å². The van der Waals surface area contributed by atoms with Gasteiger partial charge in [0.1, 0.15) is 11.8 Å². The van der Waals surface area contributed by atoms with Gasteiger partial charge in [-0.1, -0.05) is 29.8 Å². The molecule has 5 nitrogen and oxygen atoms in total. The van der Waals surface area contributed by atoms with E-state index >= 15 is 0 Å². The molecule has 0 radical (unpaired) electrons. The van der Waals surface area contributed by atoms with E-state index < -0.39 is 0 Å². The van der Waals surface area contributed by atoms with E-state index in [0.29, 0.717) is 26.5 Å². The minimum atomic E-state index is -0.126. The maximum Gasteiger partial charge on any atom is 0.266 e. The molecule has 26 heavy (non-hydrogen) atoms. The molecule has 0 N–H and O–H groups in total. The van der Waals surface area contributed by atoms with Crippen LogP contribution in [0.15, 0.2) is 58.4 Å². The first-order valence-corrected chi connectivity index (χ1v) is 8.88. The Morgan fingerprint density at radius 3 is 2.88 bits per heavy atom. The van der Waals surface area contributed by atoms with Crippen LogP contribution in [0.3, 0.4) is 0 Å². The summed E-state index contributed by atoms with van der Waals surface area (Å²) in [7, 11) is 1.69. The standard InChI is InChI=1S/C19H14ClN3O2S/c1-23-18(24)17(11-13-4-2-7-16(10-13)25-9-8-21)26-19(23)22-15-6-3-5-14(20)12-15/h2-7,10-12H,9H2,1H3/b17-11-,22-19?. The van der Waals surface area contributed by atoms with Crippen molar-refractivity contribution < 1.29 is 9.53 Å². The number of rotatable bonds is 4. The highest BCUT2D eigenvalue weighted by Gasteiger charge is 2.30. The summed E-state index contributed by atoms with van der Waals surface area (Å²) < 4.78 is 5.29. The minimum Gasteiger partial charge on any atom is -0.479 e. The number of carbonyl (C=O) groups excluding carboxylic acids is 1. The van der Waals surface area contributed by atoms with Gasteiger partial charge in [0.25, 0.3) is 5.91 Å². The highest BCUT2D eigenvalue weighted by atomic mass is 35.5. The number of nitriles is 1. The SMILES string of the molecule is CN1C(=O)/C(=C/c2cccc(OCC#N)c2)SC1=Nc1cccc(Cl)c1. The molecule has 130 valence electrons. The normalized spacial score (nSPS) is 17.0. The molecule has 1 saturated heterocycles. The number of amidine groups is 1. The second kappa shape index (κ2) is 8.09. The number of hydrogen-bond acceptors (Lipinski definition) is 5.